The number of hydrogen-bond acceptors (Lipinski definition) is 5. The van der Waals surface area contributed by atoms with Gasteiger partial charge in [0.2, 0.25) is 0 Å². The first-order valence-electron chi connectivity index (χ1n) is 3.71. The molecule has 0 spiro atoms. The third kappa shape index (κ3) is 1.44. The molecule has 0 aromatic rings. The van der Waals surface area contributed by atoms with Crippen LogP contribution in [0.4, 0.5) is 0 Å². The van der Waals surface area contributed by atoms with E-state index in [-0.39, 0.29) is 11.8 Å². The van der Waals surface area contributed by atoms with Gasteiger partial charge in [-0.3, -0.25) is 4.79 Å². The zero-order valence-electron chi connectivity index (χ0n) is 7.07. The smallest absolute Gasteiger partial charge is 0.322 e. The first-order valence-corrected chi connectivity index (χ1v) is 3.71. The van der Waals surface area contributed by atoms with E-state index in [9.17, 15) is 4.79 Å². The highest BCUT2D eigenvalue weighted by Gasteiger charge is 2.30. The van der Waals surface area contributed by atoms with Crippen LogP contribution in [-0.4, -0.2) is 24.1 Å². The summed E-state index contributed by atoms with van der Waals surface area (Å²) in [4.78, 5) is 11.2. The highest BCUT2D eigenvalue weighted by molar-refractivity contribution is 6.20. The molecule has 0 saturated heterocycles. The summed E-state index contributed by atoms with van der Waals surface area (Å²) >= 11 is 0. The molecular formula is C7H11N3O2. The Morgan fingerprint density at radius 3 is 2.75 bits per heavy atom. The minimum absolute atomic E-state index is 0.214. The molecule has 1 rings (SSSR count). The number of carbonyl (C=O) groups is 1. The first kappa shape index (κ1) is 8.70. The van der Waals surface area contributed by atoms with Crippen molar-refractivity contribution in [3.63, 3.8) is 0 Å². The molecule has 2 N–H and O–H groups in total. The summed E-state index contributed by atoms with van der Waals surface area (Å²) in [5, 5.41) is 7.26. The molecule has 0 saturated carbocycles. The van der Waals surface area contributed by atoms with Crippen molar-refractivity contribution in [1.29, 1.82) is 0 Å². The second-order valence-electron chi connectivity index (χ2n) is 2.45. The molecule has 0 unspecified atom stereocenters. The van der Waals surface area contributed by atoms with Gasteiger partial charge in [-0.2, -0.15) is 5.10 Å². The van der Waals surface area contributed by atoms with Crippen molar-refractivity contribution >= 4 is 17.5 Å². The van der Waals surface area contributed by atoms with Crippen molar-refractivity contribution in [3.8, 4) is 0 Å². The van der Waals surface area contributed by atoms with Crippen LogP contribution in [0.3, 0.4) is 0 Å². The van der Waals surface area contributed by atoms with Crippen molar-refractivity contribution in [3.05, 3.63) is 0 Å². The Balaban J connectivity index is 2.68. The lowest BCUT2D eigenvalue weighted by Crippen LogP contribution is -2.34. The molecule has 1 aliphatic rings. The maximum atomic E-state index is 11.2. The standard InChI is InChI=1S/C7H11N3O2/c1-3-12-7(11)5-4(2)9-10-6(5)8/h5H,3H2,1-2H3,(H2,8,10)/t5-/m0/s1. The molecule has 1 aliphatic heterocycles. The van der Waals surface area contributed by atoms with Gasteiger partial charge in [-0.05, 0) is 13.8 Å². The van der Waals surface area contributed by atoms with Gasteiger partial charge < -0.3 is 10.5 Å². The second kappa shape index (κ2) is 3.34. The van der Waals surface area contributed by atoms with E-state index in [4.69, 9.17) is 10.5 Å². The number of amidine groups is 1. The van der Waals surface area contributed by atoms with Crippen molar-refractivity contribution < 1.29 is 9.53 Å². The summed E-state index contributed by atoms with van der Waals surface area (Å²) in [6.07, 6.45) is 0. The van der Waals surface area contributed by atoms with E-state index in [1.165, 1.54) is 0 Å². The van der Waals surface area contributed by atoms with Gasteiger partial charge in [0, 0.05) is 0 Å². The average Bonchev–Trinajstić information content (AvgIpc) is 2.32. The van der Waals surface area contributed by atoms with Gasteiger partial charge in [0.05, 0.1) is 12.3 Å². The van der Waals surface area contributed by atoms with Crippen LogP contribution in [0.1, 0.15) is 13.8 Å². The third-order valence-corrected chi connectivity index (χ3v) is 1.56. The number of esters is 1. The monoisotopic (exact) mass is 169 g/mol. The molecule has 1 heterocycles. The van der Waals surface area contributed by atoms with E-state index in [1.807, 2.05) is 0 Å². The van der Waals surface area contributed by atoms with E-state index in [2.05, 4.69) is 10.2 Å². The molecule has 0 fully saturated rings. The van der Waals surface area contributed by atoms with E-state index in [1.54, 1.807) is 13.8 Å². The quantitative estimate of drug-likeness (QED) is 0.587. The summed E-state index contributed by atoms with van der Waals surface area (Å²) in [5.74, 6) is -0.728. The Bertz CT molecular complexity index is 239. The van der Waals surface area contributed by atoms with Crippen LogP contribution in [0.5, 0.6) is 0 Å². The highest BCUT2D eigenvalue weighted by Crippen LogP contribution is 2.10. The van der Waals surface area contributed by atoms with Crippen LogP contribution in [0, 0.1) is 5.92 Å². The van der Waals surface area contributed by atoms with Crippen molar-refractivity contribution in [1.82, 2.24) is 0 Å². The average molecular weight is 169 g/mol. The van der Waals surface area contributed by atoms with Gasteiger partial charge in [0.15, 0.2) is 5.92 Å². The minimum atomic E-state index is -0.565. The summed E-state index contributed by atoms with van der Waals surface area (Å²) in [6, 6.07) is 0. The van der Waals surface area contributed by atoms with Crippen LogP contribution in [0.25, 0.3) is 0 Å². The Hall–Kier alpha value is -1.39. The molecule has 5 nitrogen and oxygen atoms in total. The Kier molecular flexibility index (Phi) is 2.42. The van der Waals surface area contributed by atoms with Crippen LogP contribution in [0.2, 0.25) is 0 Å². The number of ether oxygens (including phenoxy) is 1. The molecular weight excluding hydrogens is 158 g/mol. The fraction of sp³-hybridized carbons (Fsp3) is 0.571. The Morgan fingerprint density at radius 1 is 1.67 bits per heavy atom. The van der Waals surface area contributed by atoms with E-state index in [0.717, 1.165) is 0 Å². The molecule has 0 aromatic carbocycles. The van der Waals surface area contributed by atoms with Crippen molar-refractivity contribution in [2.24, 2.45) is 21.9 Å². The highest BCUT2D eigenvalue weighted by atomic mass is 16.5. The molecule has 66 valence electrons. The molecule has 0 radical (unpaired) electrons. The number of hydrogen-bond donors (Lipinski definition) is 1. The number of nitrogens with two attached hydrogens (primary N) is 1. The summed E-state index contributed by atoms with van der Waals surface area (Å²) in [6.45, 7) is 3.79. The van der Waals surface area contributed by atoms with Gasteiger partial charge in [0.25, 0.3) is 0 Å². The molecule has 0 amide bonds. The lowest BCUT2D eigenvalue weighted by molar-refractivity contribution is -0.143. The fourth-order valence-electron chi connectivity index (χ4n) is 0.983. The van der Waals surface area contributed by atoms with E-state index >= 15 is 0 Å². The van der Waals surface area contributed by atoms with Crippen LogP contribution in [-0.2, 0) is 9.53 Å². The van der Waals surface area contributed by atoms with Gasteiger partial charge in [0.1, 0.15) is 5.84 Å². The van der Waals surface area contributed by atoms with E-state index < -0.39 is 5.92 Å². The lowest BCUT2D eigenvalue weighted by atomic mass is 10.1. The normalized spacial score (nSPS) is 21.7. The first-order chi connectivity index (χ1) is 5.66. The van der Waals surface area contributed by atoms with Gasteiger partial charge in [-0.1, -0.05) is 0 Å². The molecule has 0 aliphatic carbocycles. The molecule has 12 heavy (non-hydrogen) atoms. The summed E-state index contributed by atoms with van der Waals surface area (Å²) in [7, 11) is 0. The SMILES string of the molecule is CCOC(=O)[C@H]1C(C)=NN=C1N. The zero-order valence-corrected chi connectivity index (χ0v) is 7.07. The third-order valence-electron chi connectivity index (χ3n) is 1.56. The molecule has 5 heteroatoms. The van der Waals surface area contributed by atoms with Gasteiger partial charge >= 0.3 is 5.97 Å². The second-order valence-corrected chi connectivity index (χ2v) is 2.45. The molecule has 0 aromatic heterocycles. The van der Waals surface area contributed by atoms with Gasteiger partial charge in [-0.15, -0.1) is 5.10 Å². The molecule has 1 atom stereocenters. The topological polar surface area (TPSA) is 77.0 Å². The predicted octanol–water partition coefficient (Wildman–Crippen LogP) is -0.0876. The van der Waals surface area contributed by atoms with E-state index in [0.29, 0.717) is 12.3 Å². The number of nitrogens with zero attached hydrogens (tertiary/aromatic N) is 2. The van der Waals surface area contributed by atoms with Crippen LogP contribution >= 0.6 is 0 Å². The Morgan fingerprint density at radius 2 is 2.33 bits per heavy atom. The largest absolute Gasteiger partial charge is 0.465 e. The maximum absolute atomic E-state index is 11.2. The number of carbonyl (C=O) groups excluding carboxylic acids is 1. The Labute approximate surface area is 70.3 Å². The summed E-state index contributed by atoms with van der Waals surface area (Å²) < 4.78 is 4.79. The minimum Gasteiger partial charge on any atom is -0.465 e. The lowest BCUT2D eigenvalue weighted by Gasteiger charge is -2.08. The zero-order chi connectivity index (χ0) is 9.14. The van der Waals surface area contributed by atoms with Crippen molar-refractivity contribution in [2.75, 3.05) is 6.61 Å². The van der Waals surface area contributed by atoms with Crippen LogP contribution < -0.4 is 5.73 Å². The van der Waals surface area contributed by atoms with Crippen molar-refractivity contribution in [2.45, 2.75) is 13.8 Å². The van der Waals surface area contributed by atoms with Gasteiger partial charge in [-0.25, -0.2) is 0 Å². The predicted molar refractivity (Wildman–Crippen MR) is 44.9 cm³/mol. The summed E-state index contributed by atoms with van der Waals surface area (Å²) in [5.41, 5.74) is 6.02. The molecule has 0 bridgehead atoms. The maximum Gasteiger partial charge on any atom is 0.322 e. The number of rotatable bonds is 2. The van der Waals surface area contributed by atoms with Crippen LogP contribution in [0.15, 0.2) is 10.2 Å². The fourth-order valence-corrected chi connectivity index (χ4v) is 0.983.